The van der Waals surface area contributed by atoms with Crippen molar-refractivity contribution in [3.63, 3.8) is 0 Å². The molecule has 1 aliphatic rings. The number of nitrogens with zero attached hydrogens (tertiary/aromatic N) is 2. The number of fused-ring (bicyclic) bond motifs is 1. The molecule has 1 aliphatic carbocycles. The Morgan fingerprint density at radius 1 is 1.12 bits per heavy atom. The summed E-state index contributed by atoms with van der Waals surface area (Å²) in [6, 6.07) is 17.8. The van der Waals surface area contributed by atoms with Crippen LogP contribution in [0.2, 0.25) is 0 Å². The number of aliphatic hydroxyl groups excluding tert-OH is 1. The first kappa shape index (κ1) is 20.5. The van der Waals surface area contributed by atoms with E-state index in [0.29, 0.717) is 16.7 Å². The van der Waals surface area contributed by atoms with Crippen molar-refractivity contribution in [2.75, 3.05) is 13.2 Å². The Kier molecular flexibility index (Phi) is 5.07. The van der Waals surface area contributed by atoms with Crippen LogP contribution in [0.1, 0.15) is 24.8 Å². The molecule has 0 radical (unpaired) electrons. The summed E-state index contributed by atoms with van der Waals surface area (Å²) in [5.41, 5.74) is 9.67. The minimum absolute atomic E-state index is 0.0349. The van der Waals surface area contributed by atoms with Gasteiger partial charge in [0.15, 0.2) is 0 Å². The maximum absolute atomic E-state index is 13.3. The van der Waals surface area contributed by atoms with Gasteiger partial charge in [0.25, 0.3) is 5.56 Å². The van der Waals surface area contributed by atoms with Crippen molar-refractivity contribution in [3.05, 3.63) is 70.5 Å². The van der Waals surface area contributed by atoms with Gasteiger partial charge >= 0.3 is 6.01 Å². The molecule has 3 N–H and O–H groups in total. The molecule has 1 fully saturated rings. The van der Waals surface area contributed by atoms with Crippen LogP contribution in [-0.4, -0.2) is 27.9 Å². The van der Waals surface area contributed by atoms with Crippen LogP contribution in [0.15, 0.2) is 63.8 Å². The third-order valence-electron chi connectivity index (χ3n) is 6.24. The van der Waals surface area contributed by atoms with Crippen molar-refractivity contribution in [1.29, 1.82) is 0 Å². The number of aliphatic hydroxyl groups is 1. The van der Waals surface area contributed by atoms with E-state index in [0.717, 1.165) is 36.0 Å². The van der Waals surface area contributed by atoms with Crippen molar-refractivity contribution in [1.82, 2.24) is 9.55 Å². The van der Waals surface area contributed by atoms with Crippen LogP contribution in [-0.2, 0) is 12.6 Å². The average molecular weight is 431 g/mol. The number of ether oxygens (including phenoxy) is 1. The van der Waals surface area contributed by atoms with Crippen molar-refractivity contribution < 1.29 is 14.3 Å². The summed E-state index contributed by atoms with van der Waals surface area (Å²) in [5, 5.41) is 9.47. The summed E-state index contributed by atoms with van der Waals surface area (Å²) < 4.78 is 12.9. The monoisotopic (exact) mass is 431 g/mol. The molecule has 32 heavy (non-hydrogen) atoms. The predicted octanol–water partition coefficient (Wildman–Crippen LogP) is 3.57. The number of hydrogen-bond donors (Lipinski definition) is 2. The summed E-state index contributed by atoms with van der Waals surface area (Å²) in [4.78, 5) is 17.7. The molecule has 164 valence electrons. The Morgan fingerprint density at radius 2 is 1.84 bits per heavy atom. The number of rotatable bonds is 6. The summed E-state index contributed by atoms with van der Waals surface area (Å²) in [6.07, 6.45) is 3.13. The van der Waals surface area contributed by atoms with Gasteiger partial charge < -0.3 is 20.0 Å². The summed E-state index contributed by atoms with van der Waals surface area (Å²) in [5.74, 6) is 0.571. The molecule has 0 spiro atoms. The number of hydrogen-bond acceptors (Lipinski definition) is 6. The van der Waals surface area contributed by atoms with Crippen LogP contribution in [0.3, 0.4) is 0 Å². The Morgan fingerprint density at radius 3 is 2.47 bits per heavy atom. The van der Waals surface area contributed by atoms with E-state index in [1.807, 2.05) is 54.6 Å². The van der Waals surface area contributed by atoms with Gasteiger partial charge in [-0.3, -0.25) is 9.36 Å². The molecule has 1 saturated carbocycles. The van der Waals surface area contributed by atoms with Crippen LogP contribution in [0.25, 0.3) is 33.6 Å². The largest absolute Gasteiger partial charge is 0.462 e. The molecule has 5 rings (SSSR count). The van der Waals surface area contributed by atoms with E-state index in [2.05, 4.69) is 4.98 Å². The van der Waals surface area contributed by atoms with Gasteiger partial charge in [-0.1, -0.05) is 54.6 Å². The average Bonchev–Trinajstić information content (AvgIpc) is 3.19. The SMILES string of the molecule is Cn1c(OCCO)nc2oc(-c3ccc(C4(N)CCC4)cc3)c(-c3ccccc3)c2c1=O. The highest BCUT2D eigenvalue weighted by Gasteiger charge is 2.34. The number of nitrogens with two attached hydrogens (primary N) is 1. The van der Waals surface area contributed by atoms with Crippen molar-refractivity contribution in [3.8, 4) is 28.5 Å². The molecule has 7 nitrogen and oxygen atoms in total. The third kappa shape index (κ3) is 3.30. The second-order valence-corrected chi connectivity index (χ2v) is 8.27. The molecule has 2 heterocycles. The lowest BCUT2D eigenvalue weighted by molar-refractivity contribution is 0.186. The first-order valence-electron chi connectivity index (χ1n) is 10.7. The second-order valence-electron chi connectivity index (χ2n) is 8.27. The molecular formula is C25H25N3O4. The Labute approximate surface area is 185 Å². The smallest absolute Gasteiger partial charge is 0.302 e. The number of benzene rings is 2. The van der Waals surface area contributed by atoms with Crippen molar-refractivity contribution in [2.45, 2.75) is 24.8 Å². The van der Waals surface area contributed by atoms with E-state index in [1.165, 1.54) is 4.57 Å². The van der Waals surface area contributed by atoms with Crippen LogP contribution >= 0.6 is 0 Å². The van der Waals surface area contributed by atoms with Gasteiger partial charge in [-0.25, -0.2) is 0 Å². The zero-order valence-electron chi connectivity index (χ0n) is 17.9. The predicted molar refractivity (Wildman–Crippen MR) is 122 cm³/mol. The van der Waals surface area contributed by atoms with E-state index < -0.39 is 0 Å². The second kappa shape index (κ2) is 7.93. The lowest BCUT2D eigenvalue weighted by Crippen LogP contribution is -2.43. The molecule has 0 unspecified atom stereocenters. The van der Waals surface area contributed by atoms with E-state index in [-0.39, 0.29) is 36.0 Å². The minimum atomic E-state index is -0.274. The van der Waals surface area contributed by atoms with Crippen LogP contribution in [0.5, 0.6) is 6.01 Å². The summed E-state index contributed by atoms with van der Waals surface area (Å²) in [7, 11) is 1.59. The third-order valence-corrected chi connectivity index (χ3v) is 6.24. The number of aromatic nitrogens is 2. The first-order chi connectivity index (χ1) is 15.5. The van der Waals surface area contributed by atoms with Gasteiger partial charge in [-0.2, -0.15) is 4.98 Å². The molecule has 0 atom stereocenters. The Balaban J connectivity index is 1.71. The maximum atomic E-state index is 13.3. The molecule has 4 aromatic rings. The standard InChI is InChI=1S/C25H25N3O4/c1-28-23(30)20-19(16-6-3-2-4-7-16)21(32-22(20)27-24(28)31-15-14-29)17-8-10-18(11-9-17)25(26)12-5-13-25/h2-4,6-11,29H,5,12-15,26H2,1H3. The fourth-order valence-corrected chi connectivity index (χ4v) is 4.26. The van der Waals surface area contributed by atoms with Gasteiger partial charge in [0, 0.05) is 23.7 Å². The Bertz CT molecular complexity index is 1320. The lowest BCUT2D eigenvalue weighted by Gasteiger charge is -2.38. The topological polar surface area (TPSA) is 104 Å². The van der Waals surface area contributed by atoms with Crippen molar-refractivity contribution >= 4 is 11.1 Å². The highest BCUT2D eigenvalue weighted by molar-refractivity contribution is 6.00. The molecular weight excluding hydrogens is 406 g/mol. The van der Waals surface area contributed by atoms with Gasteiger partial charge in [-0.05, 0) is 30.4 Å². The minimum Gasteiger partial charge on any atom is -0.462 e. The molecule has 0 aliphatic heterocycles. The van der Waals surface area contributed by atoms with E-state index in [9.17, 15) is 4.79 Å². The molecule has 2 aromatic carbocycles. The normalized spacial score (nSPS) is 15.0. The van der Waals surface area contributed by atoms with Gasteiger partial charge in [-0.15, -0.1) is 0 Å². The van der Waals surface area contributed by atoms with Crippen molar-refractivity contribution in [2.24, 2.45) is 12.8 Å². The van der Waals surface area contributed by atoms with Gasteiger partial charge in [0.1, 0.15) is 17.8 Å². The van der Waals surface area contributed by atoms with Crippen LogP contribution < -0.4 is 16.0 Å². The Hall–Kier alpha value is -3.42. The zero-order valence-corrected chi connectivity index (χ0v) is 17.9. The fraction of sp³-hybridized carbons (Fsp3) is 0.280. The maximum Gasteiger partial charge on any atom is 0.302 e. The molecule has 0 saturated heterocycles. The fourth-order valence-electron chi connectivity index (χ4n) is 4.26. The van der Waals surface area contributed by atoms with E-state index in [1.54, 1.807) is 7.05 Å². The molecule has 0 amide bonds. The van der Waals surface area contributed by atoms with E-state index in [4.69, 9.17) is 20.0 Å². The summed E-state index contributed by atoms with van der Waals surface area (Å²) in [6.45, 7) is -0.144. The van der Waals surface area contributed by atoms with Gasteiger partial charge in [0.2, 0.25) is 5.71 Å². The molecule has 0 bridgehead atoms. The summed E-state index contributed by atoms with van der Waals surface area (Å²) >= 11 is 0. The van der Waals surface area contributed by atoms with E-state index >= 15 is 0 Å². The zero-order chi connectivity index (χ0) is 22.3. The highest BCUT2D eigenvalue weighted by Crippen LogP contribution is 2.42. The quantitative estimate of drug-likeness (QED) is 0.484. The van der Waals surface area contributed by atoms with Crippen LogP contribution in [0.4, 0.5) is 0 Å². The highest BCUT2D eigenvalue weighted by atomic mass is 16.5. The van der Waals surface area contributed by atoms with Gasteiger partial charge in [0.05, 0.1) is 6.61 Å². The number of furan rings is 1. The first-order valence-corrected chi connectivity index (χ1v) is 10.7. The molecule has 7 heteroatoms. The van der Waals surface area contributed by atoms with Crippen LogP contribution in [0, 0.1) is 0 Å². The lowest BCUT2D eigenvalue weighted by atomic mass is 9.72. The molecule has 2 aromatic heterocycles.